The molecule has 0 saturated heterocycles. The van der Waals surface area contributed by atoms with Gasteiger partial charge < -0.3 is 15.4 Å². The van der Waals surface area contributed by atoms with E-state index in [-0.39, 0.29) is 5.91 Å². The van der Waals surface area contributed by atoms with Gasteiger partial charge in [-0.05, 0) is 57.0 Å². The van der Waals surface area contributed by atoms with Gasteiger partial charge in [-0.3, -0.25) is 9.59 Å². The van der Waals surface area contributed by atoms with Gasteiger partial charge in [0, 0.05) is 11.3 Å². The number of hydrogen-bond acceptors (Lipinski definition) is 4. The number of rotatable bonds is 6. The highest BCUT2D eigenvalue weighted by molar-refractivity contribution is 5.98. The van der Waals surface area contributed by atoms with Crippen LogP contribution in [0.25, 0.3) is 0 Å². The number of esters is 1. The van der Waals surface area contributed by atoms with Crippen LogP contribution >= 0.6 is 0 Å². The lowest BCUT2D eigenvalue weighted by Crippen LogP contribution is -2.42. The molecule has 0 bridgehead atoms. The van der Waals surface area contributed by atoms with Crippen molar-refractivity contribution in [1.29, 1.82) is 0 Å². The molecule has 0 saturated carbocycles. The summed E-state index contributed by atoms with van der Waals surface area (Å²) in [6, 6.07) is 13.4. The van der Waals surface area contributed by atoms with Crippen LogP contribution in [0.4, 0.5) is 5.69 Å². The summed E-state index contributed by atoms with van der Waals surface area (Å²) in [6.07, 6.45) is -0.992. The predicted molar refractivity (Wildman–Crippen MR) is 103 cm³/mol. The number of aryl methyl sites for hydroxylation is 2. The monoisotopic (exact) mass is 368 g/mol. The first-order valence-corrected chi connectivity index (χ1v) is 8.72. The van der Waals surface area contributed by atoms with Gasteiger partial charge in [0.2, 0.25) is 0 Å². The van der Waals surface area contributed by atoms with Crippen LogP contribution in [-0.4, -0.2) is 29.9 Å². The van der Waals surface area contributed by atoms with Crippen molar-refractivity contribution in [1.82, 2.24) is 5.32 Å². The average molecular weight is 368 g/mol. The van der Waals surface area contributed by atoms with E-state index < -0.39 is 24.0 Å². The van der Waals surface area contributed by atoms with Crippen LogP contribution in [0.3, 0.4) is 0 Å². The Bertz CT molecular complexity index is 833. The highest BCUT2D eigenvalue weighted by atomic mass is 16.5. The van der Waals surface area contributed by atoms with Crippen molar-refractivity contribution in [3.63, 3.8) is 0 Å². The molecule has 1 unspecified atom stereocenters. The first-order valence-electron chi connectivity index (χ1n) is 8.72. The second-order valence-corrected chi connectivity index (χ2v) is 6.45. The first-order chi connectivity index (χ1) is 12.8. The Morgan fingerprint density at radius 3 is 2.30 bits per heavy atom. The fourth-order valence-electron chi connectivity index (χ4n) is 2.36. The zero-order chi connectivity index (χ0) is 20.0. The van der Waals surface area contributed by atoms with E-state index in [0.29, 0.717) is 11.3 Å². The third-order valence-electron chi connectivity index (χ3n) is 4.05. The Labute approximate surface area is 158 Å². The summed E-state index contributed by atoms with van der Waals surface area (Å²) < 4.78 is 5.19. The number of amides is 2. The van der Waals surface area contributed by atoms with Crippen molar-refractivity contribution < 1.29 is 19.1 Å². The fourth-order valence-corrected chi connectivity index (χ4v) is 2.36. The van der Waals surface area contributed by atoms with Gasteiger partial charge in [-0.1, -0.05) is 30.3 Å². The summed E-state index contributed by atoms with van der Waals surface area (Å²) in [5, 5.41) is 5.32. The number of benzene rings is 2. The highest BCUT2D eigenvalue weighted by Gasteiger charge is 2.23. The molecule has 2 aromatic rings. The molecule has 0 heterocycles. The molecule has 0 aliphatic rings. The number of carbonyl (C=O) groups excluding carboxylic acids is 3. The second-order valence-electron chi connectivity index (χ2n) is 6.45. The summed E-state index contributed by atoms with van der Waals surface area (Å²) in [5.41, 5.74) is 3.04. The maximum atomic E-state index is 12.3. The standard InChI is InChI=1S/C21H24N2O4/c1-13-10-11-14(2)18(12-13)23-19(24)16(4)27-21(26)15(3)22-20(25)17-8-6-5-7-9-17/h5-12,15-16H,1-4H3,(H,22,25)(H,23,24)/t15-,16?/m0/s1. The zero-order valence-electron chi connectivity index (χ0n) is 15.9. The van der Waals surface area contributed by atoms with Crippen molar-refractivity contribution in [2.75, 3.05) is 5.32 Å². The van der Waals surface area contributed by atoms with Crippen molar-refractivity contribution >= 4 is 23.5 Å². The van der Waals surface area contributed by atoms with Crippen molar-refractivity contribution in [2.45, 2.75) is 39.8 Å². The minimum absolute atomic E-state index is 0.382. The largest absolute Gasteiger partial charge is 0.451 e. The summed E-state index contributed by atoms with van der Waals surface area (Å²) in [5.74, 6) is -1.49. The minimum atomic E-state index is -0.992. The lowest BCUT2D eigenvalue weighted by atomic mass is 10.1. The molecule has 6 heteroatoms. The number of nitrogens with one attached hydrogen (secondary N) is 2. The van der Waals surface area contributed by atoms with Crippen LogP contribution < -0.4 is 10.6 Å². The Balaban J connectivity index is 1.91. The molecule has 0 spiro atoms. The molecule has 2 rings (SSSR count). The second kappa shape index (κ2) is 8.98. The van der Waals surface area contributed by atoms with Crippen LogP contribution in [-0.2, 0) is 14.3 Å². The molecule has 2 atom stereocenters. The minimum Gasteiger partial charge on any atom is -0.451 e. The topological polar surface area (TPSA) is 84.5 Å². The van der Waals surface area contributed by atoms with Gasteiger partial charge in [0.05, 0.1) is 0 Å². The quantitative estimate of drug-likeness (QED) is 0.768. The summed E-state index contributed by atoms with van der Waals surface area (Å²) >= 11 is 0. The Hall–Kier alpha value is -3.15. The highest BCUT2D eigenvalue weighted by Crippen LogP contribution is 2.17. The summed E-state index contributed by atoms with van der Waals surface area (Å²) in [7, 11) is 0. The van der Waals surface area contributed by atoms with Gasteiger partial charge in [-0.2, -0.15) is 0 Å². The molecular formula is C21H24N2O4. The van der Waals surface area contributed by atoms with E-state index in [0.717, 1.165) is 11.1 Å². The number of ether oxygens (including phenoxy) is 1. The fraction of sp³-hybridized carbons (Fsp3) is 0.286. The van der Waals surface area contributed by atoms with E-state index in [1.165, 1.54) is 13.8 Å². The van der Waals surface area contributed by atoms with Gasteiger partial charge in [0.1, 0.15) is 6.04 Å². The predicted octanol–water partition coefficient (Wildman–Crippen LogP) is 2.99. The molecule has 2 aromatic carbocycles. The Morgan fingerprint density at radius 2 is 1.63 bits per heavy atom. The van der Waals surface area contributed by atoms with E-state index in [1.807, 2.05) is 32.0 Å². The molecule has 0 aliphatic heterocycles. The van der Waals surface area contributed by atoms with Gasteiger partial charge in [0.25, 0.3) is 11.8 Å². The van der Waals surface area contributed by atoms with Crippen molar-refractivity contribution in [3.8, 4) is 0 Å². The summed E-state index contributed by atoms with van der Waals surface area (Å²) in [6.45, 7) is 6.81. The van der Waals surface area contributed by atoms with E-state index in [9.17, 15) is 14.4 Å². The molecule has 27 heavy (non-hydrogen) atoms. The first kappa shape index (κ1) is 20.2. The third-order valence-corrected chi connectivity index (χ3v) is 4.05. The van der Waals surface area contributed by atoms with Crippen LogP contribution in [0, 0.1) is 13.8 Å². The maximum absolute atomic E-state index is 12.3. The van der Waals surface area contributed by atoms with Gasteiger partial charge >= 0.3 is 5.97 Å². The van der Waals surface area contributed by atoms with Crippen molar-refractivity contribution in [3.05, 3.63) is 65.2 Å². The number of anilines is 1. The molecular weight excluding hydrogens is 344 g/mol. The van der Waals surface area contributed by atoms with Crippen LogP contribution in [0.5, 0.6) is 0 Å². The molecule has 142 valence electrons. The maximum Gasteiger partial charge on any atom is 0.329 e. The van der Waals surface area contributed by atoms with Crippen LogP contribution in [0.15, 0.2) is 48.5 Å². The molecule has 0 fully saturated rings. The Morgan fingerprint density at radius 1 is 0.963 bits per heavy atom. The Kier molecular flexibility index (Phi) is 6.71. The SMILES string of the molecule is Cc1ccc(C)c(NC(=O)C(C)OC(=O)[C@H](C)NC(=O)c2ccccc2)c1. The number of carbonyl (C=O) groups is 3. The lowest BCUT2D eigenvalue weighted by molar-refractivity contribution is -0.154. The third kappa shape index (κ3) is 5.67. The van der Waals surface area contributed by atoms with Gasteiger partial charge in [-0.15, -0.1) is 0 Å². The van der Waals surface area contributed by atoms with E-state index in [4.69, 9.17) is 4.74 Å². The smallest absolute Gasteiger partial charge is 0.329 e. The van der Waals surface area contributed by atoms with Gasteiger partial charge in [0.15, 0.2) is 6.10 Å². The average Bonchev–Trinajstić information content (AvgIpc) is 2.65. The molecule has 6 nitrogen and oxygen atoms in total. The molecule has 2 N–H and O–H groups in total. The van der Waals surface area contributed by atoms with Gasteiger partial charge in [-0.25, -0.2) is 4.79 Å². The van der Waals surface area contributed by atoms with Crippen molar-refractivity contribution in [2.24, 2.45) is 0 Å². The molecule has 0 aliphatic carbocycles. The molecule has 0 radical (unpaired) electrons. The van der Waals surface area contributed by atoms with Crippen LogP contribution in [0.1, 0.15) is 35.3 Å². The van der Waals surface area contributed by atoms with E-state index in [1.54, 1.807) is 30.3 Å². The lowest BCUT2D eigenvalue weighted by Gasteiger charge is -2.18. The zero-order valence-corrected chi connectivity index (χ0v) is 15.9. The van der Waals surface area contributed by atoms with Crippen LogP contribution in [0.2, 0.25) is 0 Å². The normalized spacial score (nSPS) is 12.6. The van der Waals surface area contributed by atoms with E-state index >= 15 is 0 Å². The summed E-state index contributed by atoms with van der Waals surface area (Å²) in [4.78, 5) is 36.6. The molecule has 0 aromatic heterocycles. The molecule has 2 amide bonds. The number of hydrogen-bond donors (Lipinski definition) is 2. The van der Waals surface area contributed by atoms with E-state index in [2.05, 4.69) is 10.6 Å².